The van der Waals surface area contributed by atoms with E-state index in [-0.39, 0.29) is 18.3 Å². The van der Waals surface area contributed by atoms with Crippen LogP contribution in [0.5, 0.6) is 0 Å². The lowest BCUT2D eigenvalue weighted by atomic mass is 10.1. The van der Waals surface area contributed by atoms with Crippen LogP contribution in [-0.2, 0) is 0 Å². The third-order valence-corrected chi connectivity index (χ3v) is 5.02. The maximum Gasteiger partial charge on any atom is 0.261 e. The minimum atomic E-state index is 0. The van der Waals surface area contributed by atoms with E-state index in [9.17, 15) is 4.79 Å². The van der Waals surface area contributed by atoms with E-state index in [1.165, 1.54) is 11.3 Å². The smallest absolute Gasteiger partial charge is 0.261 e. The monoisotopic (exact) mass is 365 g/mol. The van der Waals surface area contributed by atoms with Gasteiger partial charge < -0.3 is 15.5 Å². The predicted molar refractivity (Wildman–Crippen MR) is 103 cm³/mol. The number of hydrogen-bond acceptors (Lipinski definition) is 4. The Morgan fingerprint density at radius 1 is 1.17 bits per heavy atom. The number of piperazine rings is 1. The lowest BCUT2D eigenvalue weighted by molar-refractivity contribution is 0.0956. The average Bonchev–Trinajstić information content (AvgIpc) is 3.10. The molecule has 3 rings (SSSR count). The largest absolute Gasteiger partial charge is 0.351 e. The van der Waals surface area contributed by atoms with Crippen molar-refractivity contribution in [3.8, 4) is 11.1 Å². The molecule has 1 amide bonds. The van der Waals surface area contributed by atoms with Gasteiger partial charge in [0.05, 0.1) is 4.88 Å². The third kappa shape index (κ3) is 5.05. The molecule has 0 saturated carbocycles. The molecule has 0 atom stereocenters. The van der Waals surface area contributed by atoms with Crippen molar-refractivity contribution in [1.29, 1.82) is 0 Å². The lowest BCUT2D eigenvalue weighted by Gasteiger charge is -2.27. The van der Waals surface area contributed by atoms with E-state index in [4.69, 9.17) is 0 Å². The molecule has 0 spiro atoms. The summed E-state index contributed by atoms with van der Waals surface area (Å²) in [7, 11) is 0. The van der Waals surface area contributed by atoms with Crippen molar-refractivity contribution >= 4 is 29.7 Å². The van der Waals surface area contributed by atoms with Crippen LogP contribution in [-0.4, -0.2) is 50.1 Å². The normalized spacial score (nSPS) is 14.8. The fraction of sp³-hybridized carbons (Fsp3) is 0.389. The van der Waals surface area contributed by atoms with Gasteiger partial charge in [-0.15, -0.1) is 23.7 Å². The third-order valence-electron chi connectivity index (χ3n) is 4.10. The first-order valence-electron chi connectivity index (χ1n) is 8.19. The van der Waals surface area contributed by atoms with E-state index < -0.39 is 0 Å². The van der Waals surface area contributed by atoms with Crippen LogP contribution >= 0.6 is 23.7 Å². The molecule has 2 aromatic rings. The van der Waals surface area contributed by atoms with Crippen molar-refractivity contribution in [2.45, 2.75) is 6.42 Å². The number of benzene rings is 1. The molecule has 0 unspecified atom stereocenters. The molecule has 0 bridgehead atoms. The SMILES string of the molecule is Cl.O=C(NCCCN1CCNCC1)c1sccc1-c1ccccc1. The van der Waals surface area contributed by atoms with Crippen LogP contribution in [0.4, 0.5) is 0 Å². The lowest BCUT2D eigenvalue weighted by Crippen LogP contribution is -2.44. The van der Waals surface area contributed by atoms with Crippen molar-refractivity contribution in [2.75, 3.05) is 39.3 Å². The van der Waals surface area contributed by atoms with Crippen LogP contribution in [0.2, 0.25) is 0 Å². The number of halogens is 1. The summed E-state index contributed by atoms with van der Waals surface area (Å²) in [6.07, 6.45) is 0.998. The van der Waals surface area contributed by atoms with Gasteiger partial charge in [0.25, 0.3) is 5.91 Å². The summed E-state index contributed by atoms with van der Waals surface area (Å²) >= 11 is 1.51. The Morgan fingerprint density at radius 2 is 1.92 bits per heavy atom. The molecule has 2 heterocycles. The topological polar surface area (TPSA) is 44.4 Å². The van der Waals surface area contributed by atoms with Gasteiger partial charge in [-0.2, -0.15) is 0 Å². The van der Waals surface area contributed by atoms with Gasteiger partial charge in [0, 0.05) is 38.3 Å². The average molecular weight is 366 g/mol. The molecule has 4 nitrogen and oxygen atoms in total. The van der Waals surface area contributed by atoms with E-state index in [1.54, 1.807) is 0 Å². The van der Waals surface area contributed by atoms with E-state index in [0.29, 0.717) is 0 Å². The minimum Gasteiger partial charge on any atom is -0.351 e. The number of amides is 1. The zero-order chi connectivity index (χ0) is 15.9. The van der Waals surface area contributed by atoms with Crippen molar-refractivity contribution in [3.63, 3.8) is 0 Å². The number of thiophene rings is 1. The number of nitrogens with one attached hydrogen (secondary N) is 2. The Hall–Kier alpha value is -1.40. The first-order chi connectivity index (χ1) is 11.3. The summed E-state index contributed by atoms with van der Waals surface area (Å²) in [5.41, 5.74) is 2.12. The summed E-state index contributed by atoms with van der Waals surface area (Å²) in [5.74, 6) is 0.0409. The van der Waals surface area contributed by atoms with Crippen LogP contribution in [0.1, 0.15) is 16.1 Å². The van der Waals surface area contributed by atoms with Crippen molar-refractivity contribution in [3.05, 3.63) is 46.7 Å². The fourth-order valence-electron chi connectivity index (χ4n) is 2.85. The molecule has 1 aromatic carbocycles. The molecule has 1 aliphatic rings. The second-order valence-electron chi connectivity index (χ2n) is 5.73. The second-order valence-corrected chi connectivity index (χ2v) is 6.65. The zero-order valence-electron chi connectivity index (χ0n) is 13.7. The molecule has 0 aliphatic carbocycles. The summed E-state index contributed by atoms with van der Waals surface area (Å²) in [5, 5.41) is 8.40. The second kappa shape index (κ2) is 9.79. The molecule has 130 valence electrons. The van der Waals surface area contributed by atoms with Crippen molar-refractivity contribution < 1.29 is 4.79 Å². The fourth-order valence-corrected chi connectivity index (χ4v) is 3.68. The van der Waals surface area contributed by atoms with Gasteiger partial charge in [-0.25, -0.2) is 0 Å². The molecular formula is C18H24ClN3OS. The zero-order valence-corrected chi connectivity index (χ0v) is 15.3. The molecule has 24 heavy (non-hydrogen) atoms. The molecule has 0 radical (unpaired) electrons. The number of rotatable bonds is 6. The van der Waals surface area contributed by atoms with E-state index in [2.05, 4.69) is 15.5 Å². The first kappa shape index (κ1) is 18.9. The molecule has 1 aromatic heterocycles. The van der Waals surface area contributed by atoms with Crippen LogP contribution in [0.3, 0.4) is 0 Å². The van der Waals surface area contributed by atoms with Crippen LogP contribution in [0.25, 0.3) is 11.1 Å². The van der Waals surface area contributed by atoms with Crippen LogP contribution < -0.4 is 10.6 Å². The highest BCUT2D eigenvalue weighted by atomic mass is 35.5. The number of nitrogens with zero attached hydrogens (tertiary/aromatic N) is 1. The van der Waals surface area contributed by atoms with Gasteiger partial charge >= 0.3 is 0 Å². The van der Waals surface area contributed by atoms with Crippen LogP contribution in [0, 0.1) is 0 Å². The number of carbonyl (C=O) groups excluding carboxylic acids is 1. The number of hydrogen-bond donors (Lipinski definition) is 2. The molecule has 6 heteroatoms. The van der Waals surface area contributed by atoms with Crippen LogP contribution in [0.15, 0.2) is 41.8 Å². The molecule has 1 saturated heterocycles. The molecule has 2 N–H and O–H groups in total. The summed E-state index contributed by atoms with van der Waals surface area (Å²) in [4.78, 5) is 15.7. The highest BCUT2D eigenvalue weighted by Crippen LogP contribution is 2.27. The summed E-state index contributed by atoms with van der Waals surface area (Å²) in [6, 6.07) is 12.1. The standard InChI is InChI=1S/C18H23N3OS.ClH/c22-18(20-8-4-11-21-12-9-19-10-13-21)17-16(7-14-23-17)15-5-2-1-3-6-15;/h1-3,5-7,14,19H,4,8-13H2,(H,20,22);1H. The Kier molecular flexibility index (Phi) is 7.72. The minimum absolute atomic E-state index is 0. The van der Waals surface area contributed by atoms with Gasteiger partial charge in [-0.1, -0.05) is 30.3 Å². The summed E-state index contributed by atoms with van der Waals surface area (Å²) in [6.45, 7) is 6.14. The predicted octanol–water partition coefficient (Wildman–Crippen LogP) is 2.86. The quantitative estimate of drug-likeness (QED) is 0.774. The van der Waals surface area contributed by atoms with Gasteiger partial charge in [-0.05, 0) is 30.0 Å². The van der Waals surface area contributed by atoms with Crippen molar-refractivity contribution in [2.24, 2.45) is 0 Å². The van der Waals surface area contributed by atoms with E-state index >= 15 is 0 Å². The Bertz CT molecular complexity index is 626. The molecular weight excluding hydrogens is 342 g/mol. The summed E-state index contributed by atoms with van der Waals surface area (Å²) < 4.78 is 0. The van der Waals surface area contributed by atoms with Crippen molar-refractivity contribution in [1.82, 2.24) is 15.5 Å². The van der Waals surface area contributed by atoms with E-state index in [1.807, 2.05) is 41.8 Å². The Balaban J connectivity index is 0.00000208. The first-order valence-corrected chi connectivity index (χ1v) is 9.07. The maximum atomic E-state index is 12.4. The highest BCUT2D eigenvalue weighted by Gasteiger charge is 2.14. The van der Waals surface area contributed by atoms with Gasteiger partial charge in [0.2, 0.25) is 0 Å². The van der Waals surface area contributed by atoms with E-state index in [0.717, 1.165) is 61.7 Å². The maximum absolute atomic E-state index is 12.4. The van der Waals surface area contributed by atoms with Gasteiger partial charge in [-0.3, -0.25) is 4.79 Å². The molecule has 1 aliphatic heterocycles. The van der Waals surface area contributed by atoms with Gasteiger partial charge in [0.15, 0.2) is 0 Å². The number of carbonyl (C=O) groups is 1. The highest BCUT2D eigenvalue weighted by molar-refractivity contribution is 7.12. The molecule has 1 fully saturated rings. The van der Waals surface area contributed by atoms with Gasteiger partial charge in [0.1, 0.15) is 0 Å². The Labute approximate surface area is 153 Å². The Morgan fingerprint density at radius 3 is 2.67 bits per heavy atom.